The van der Waals surface area contributed by atoms with Crippen LogP contribution in [0.25, 0.3) is 0 Å². The lowest BCUT2D eigenvalue weighted by atomic mass is 9.96. The highest BCUT2D eigenvalue weighted by molar-refractivity contribution is 6.01. The molecule has 2 aromatic carbocycles. The Morgan fingerprint density at radius 1 is 1.11 bits per heavy atom. The van der Waals surface area contributed by atoms with Crippen molar-refractivity contribution in [3.8, 4) is 5.75 Å². The fourth-order valence-corrected chi connectivity index (χ4v) is 3.48. The van der Waals surface area contributed by atoms with E-state index in [1.807, 2.05) is 54.6 Å². The number of carbonyl (C=O) groups is 2. The van der Waals surface area contributed by atoms with Crippen LogP contribution in [0.15, 0.2) is 78.5 Å². The number of hydrogen-bond donors (Lipinski definition) is 2. The van der Waals surface area contributed by atoms with Crippen LogP contribution >= 0.6 is 0 Å². The number of hydrogen-bond acceptors (Lipinski definition) is 3. The fraction of sp³-hybridized carbons (Fsp3) is 0.182. The summed E-state index contributed by atoms with van der Waals surface area (Å²) in [7, 11) is 0. The van der Waals surface area contributed by atoms with Gasteiger partial charge in [0.2, 0.25) is 0 Å². The van der Waals surface area contributed by atoms with Crippen molar-refractivity contribution in [2.75, 3.05) is 13.1 Å². The maximum absolute atomic E-state index is 12.8. The van der Waals surface area contributed by atoms with Gasteiger partial charge < -0.3 is 20.3 Å². The molecule has 0 fully saturated rings. The molecule has 6 nitrogen and oxygen atoms in total. The number of nitrogens with one attached hydrogen (secondary N) is 2. The first-order valence-electron chi connectivity index (χ1n) is 9.13. The summed E-state index contributed by atoms with van der Waals surface area (Å²) in [5.41, 5.74) is 3.17. The van der Waals surface area contributed by atoms with E-state index in [4.69, 9.17) is 4.74 Å². The van der Waals surface area contributed by atoms with E-state index in [0.717, 1.165) is 16.9 Å². The van der Waals surface area contributed by atoms with E-state index in [1.54, 1.807) is 11.0 Å². The van der Waals surface area contributed by atoms with E-state index in [9.17, 15) is 9.59 Å². The largest absolute Gasteiger partial charge is 0.489 e. The highest BCUT2D eigenvalue weighted by Gasteiger charge is 2.39. The number of benzene rings is 2. The van der Waals surface area contributed by atoms with Gasteiger partial charge in [0.15, 0.2) is 0 Å². The Morgan fingerprint density at radius 3 is 2.57 bits per heavy atom. The van der Waals surface area contributed by atoms with E-state index in [2.05, 4.69) is 17.2 Å². The van der Waals surface area contributed by atoms with Crippen molar-refractivity contribution in [1.82, 2.24) is 15.5 Å². The zero-order valence-electron chi connectivity index (χ0n) is 15.4. The van der Waals surface area contributed by atoms with E-state index in [1.165, 1.54) is 0 Å². The smallest absolute Gasteiger partial charge is 0.319 e. The fourth-order valence-electron chi connectivity index (χ4n) is 3.48. The van der Waals surface area contributed by atoms with E-state index in [-0.39, 0.29) is 11.9 Å². The first-order valence-corrected chi connectivity index (χ1v) is 9.13. The summed E-state index contributed by atoms with van der Waals surface area (Å²) in [6.45, 7) is 5.00. The molecule has 4 rings (SSSR count). The quantitative estimate of drug-likeness (QED) is 0.763. The van der Waals surface area contributed by atoms with E-state index in [0.29, 0.717) is 31.0 Å². The van der Waals surface area contributed by atoms with Crippen molar-refractivity contribution < 1.29 is 14.3 Å². The third-order valence-electron chi connectivity index (χ3n) is 4.83. The van der Waals surface area contributed by atoms with Gasteiger partial charge in [0.05, 0.1) is 23.9 Å². The molecule has 2 aliphatic heterocycles. The van der Waals surface area contributed by atoms with Crippen molar-refractivity contribution in [2.45, 2.75) is 12.6 Å². The second-order valence-electron chi connectivity index (χ2n) is 6.74. The number of urea groups is 1. The van der Waals surface area contributed by atoms with Gasteiger partial charge in [0.25, 0.3) is 5.91 Å². The maximum atomic E-state index is 12.8. The monoisotopic (exact) mass is 375 g/mol. The number of amides is 3. The average molecular weight is 375 g/mol. The van der Waals surface area contributed by atoms with Crippen LogP contribution in [0.5, 0.6) is 5.75 Å². The summed E-state index contributed by atoms with van der Waals surface area (Å²) in [6, 6.07) is 16.6. The standard InChI is InChI=1S/C22H21N3O3/c1-2-12-25-13-18-19(21(25)26)20(24-22(27)23-18)16-8-10-17(11-9-16)28-14-15-6-4-3-5-7-15/h2-11,20H,1,12-14H2,(H2,23,24,27)/t20-/m1/s1. The van der Waals surface area contributed by atoms with E-state index < -0.39 is 6.04 Å². The Morgan fingerprint density at radius 2 is 1.86 bits per heavy atom. The van der Waals surface area contributed by atoms with Crippen molar-refractivity contribution in [3.05, 3.63) is 89.6 Å². The molecule has 0 aromatic heterocycles. The van der Waals surface area contributed by atoms with Crippen molar-refractivity contribution in [2.24, 2.45) is 0 Å². The summed E-state index contributed by atoms with van der Waals surface area (Å²) >= 11 is 0. The predicted molar refractivity (Wildman–Crippen MR) is 105 cm³/mol. The third kappa shape index (κ3) is 3.49. The van der Waals surface area contributed by atoms with Gasteiger partial charge >= 0.3 is 6.03 Å². The number of nitrogens with zero attached hydrogens (tertiary/aromatic N) is 1. The zero-order chi connectivity index (χ0) is 19.5. The van der Waals surface area contributed by atoms with Gasteiger partial charge in [-0.05, 0) is 23.3 Å². The Bertz CT molecular complexity index is 935. The summed E-state index contributed by atoms with van der Waals surface area (Å²) in [4.78, 5) is 26.5. The molecule has 0 spiro atoms. The van der Waals surface area contributed by atoms with Gasteiger partial charge in [0, 0.05) is 6.54 Å². The molecule has 2 aliphatic rings. The molecule has 2 N–H and O–H groups in total. The summed E-state index contributed by atoms with van der Waals surface area (Å²) in [5, 5.41) is 5.61. The SMILES string of the molecule is C=CCN1CC2=C(C1=O)[C@@H](c1ccc(OCc3ccccc3)cc1)NC(=O)N2. The molecule has 0 radical (unpaired) electrons. The Kier molecular flexibility index (Phi) is 4.85. The molecule has 0 aliphatic carbocycles. The Hall–Kier alpha value is -3.54. The molecule has 0 saturated carbocycles. The van der Waals surface area contributed by atoms with Crippen LogP contribution in [-0.2, 0) is 11.4 Å². The van der Waals surface area contributed by atoms with Crippen molar-refractivity contribution >= 4 is 11.9 Å². The van der Waals surface area contributed by atoms with Gasteiger partial charge in [0.1, 0.15) is 12.4 Å². The van der Waals surface area contributed by atoms with Gasteiger partial charge in [-0.2, -0.15) is 0 Å². The van der Waals surface area contributed by atoms with Gasteiger partial charge in [-0.3, -0.25) is 4.79 Å². The Labute approximate surface area is 163 Å². The molecular formula is C22H21N3O3. The first kappa shape index (κ1) is 17.9. The Balaban J connectivity index is 1.51. The summed E-state index contributed by atoms with van der Waals surface area (Å²) in [5.74, 6) is 0.643. The molecule has 28 heavy (non-hydrogen) atoms. The highest BCUT2D eigenvalue weighted by Crippen LogP contribution is 2.33. The minimum Gasteiger partial charge on any atom is -0.489 e. The highest BCUT2D eigenvalue weighted by atomic mass is 16.5. The first-order chi connectivity index (χ1) is 13.7. The van der Waals surface area contributed by atoms with Crippen LogP contribution in [0.1, 0.15) is 17.2 Å². The molecule has 2 heterocycles. The molecule has 142 valence electrons. The van der Waals surface area contributed by atoms with Crippen LogP contribution in [-0.4, -0.2) is 29.9 Å². The number of rotatable bonds is 6. The molecule has 0 bridgehead atoms. The lowest BCUT2D eigenvalue weighted by Crippen LogP contribution is -2.44. The third-order valence-corrected chi connectivity index (χ3v) is 4.83. The second kappa shape index (κ2) is 7.60. The van der Waals surface area contributed by atoms with Crippen LogP contribution in [0, 0.1) is 0 Å². The normalized spacial score (nSPS) is 18.4. The lowest BCUT2D eigenvalue weighted by molar-refractivity contribution is -0.125. The van der Waals surface area contributed by atoms with E-state index >= 15 is 0 Å². The lowest BCUT2D eigenvalue weighted by Gasteiger charge is -2.25. The molecule has 6 heteroatoms. The second-order valence-corrected chi connectivity index (χ2v) is 6.74. The van der Waals surface area contributed by atoms with Gasteiger partial charge in [-0.15, -0.1) is 6.58 Å². The van der Waals surface area contributed by atoms with Crippen LogP contribution < -0.4 is 15.4 Å². The molecule has 1 atom stereocenters. The van der Waals surface area contributed by atoms with Crippen LogP contribution in [0.4, 0.5) is 4.79 Å². The average Bonchev–Trinajstić information content (AvgIpc) is 3.02. The number of carbonyl (C=O) groups excluding carboxylic acids is 2. The van der Waals surface area contributed by atoms with Crippen molar-refractivity contribution in [1.29, 1.82) is 0 Å². The molecule has 0 unspecified atom stereocenters. The summed E-state index contributed by atoms with van der Waals surface area (Å²) < 4.78 is 5.81. The predicted octanol–water partition coefficient (Wildman–Crippen LogP) is 2.90. The van der Waals surface area contributed by atoms with Crippen molar-refractivity contribution in [3.63, 3.8) is 0 Å². The van der Waals surface area contributed by atoms with Gasteiger partial charge in [-0.1, -0.05) is 48.5 Å². The number of ether oxygens (including phenoxy) is 1. The molecular weight excluding hydrogens is 354 g/mol. The topological polar surface area (TPSA) is 70.7 Å². The zero-order valence-corrected chi connectivity index (χ0v) is 15.4. The van der Waals surface area contributed by atoms with Crippen LogP contribution in [0.2, 0.25) is 0 Å². The van der Waals surface area contributed by atoms with Crippen LogP contribution in [0.3, 0.4) is 0 Å². The van der Waals surface area contributed by atoms with Gasteiger partial charge in [-0.25, -0.2) is 4.79 Å². The molecule has 0 saturated heterocycles. The molecule has 3 amide bonds. The minimum atomic E-state index is -0.478. The minimum absolute atomic E-state index is 0.0863. The summed E-state index contributed by atoms with van der Waals surface area (Å²) in [6.07, 6.45) is 1.68. The maximum Gasteiger partial charge on any atom is 0.319 e. The molecule has 2 aromatic rings.